The molecule has 0 radical (unpaired) electrons. The van der Waals surface area contributed by atoms with E-state index in [-0.39, 0.29) is 0 Å². The minimum absolute atomic E-state index is 0.710. The van der Waals surface area contributed by atoms with Crippen LogP contribution in [0.1, 0.15) is 17.1 Å². The second-order valence-corrected chi connectivity index (χ2v) is 9.24. The van der Waals surface area contributed by atoms with Crippen LogP contribution in [-0.4, -0.2) is 24.7 Å². The van der Waals surface area contributed by atoms with Gasteiger partial charge in [0.25, 0.3) is 0 Å². The highest BCUT2D eigenvalue weighted by atomic mass is 15.3. The Kier molecular flexibility index (Phi) is 6.01. The van der Waals surface area contributed by atoms with Gasteiger partial charge in [-0.2, -0.15) is 5.10 Å². The smallest absolute Gasteiger partial charge is 0.165 e. The quantitative estimate of drug-likeness (QED) is 0.251. The van der Waals surface area contributed by atoms with Gasteiger partial charge in [0.05, 0.1) is 17.1 Å². The number of rotatable bonds is 6. The number of hydrogen-bond donors (Lipinski definition) is 2. The first-order valence-corrected chi connectivity index (χ1v) is 12.5. The third-order valence-corrected chi connectivity index (χ3v) is 6.33. The molecular weight excluding hydrogens is 470 g/mol. The molecule has 0 aliphatic heterocycles. The van der Waals surface area contributed by atoms with Gasteiger partial charge in [-0.1, -0.05) is 54.6 Å². The third kappa shape index (κ3) is 4.69. The van der Waals surface area contributed by atoms with Crippen LogP contribution in [0.2, 0.25) is 0 Å². The number of aryl methyl sites for hydroxylation is 3. The van der Waals surface area contributed by atoms with Gasteiger partial charge in [0.1, 0.15) is 17.5 Å². The fraction of sp³-hybridized carbons (Fsp3) is 0.0968. The maximum Gasteiger partial charge on any atom is 0.165 e. The molecule has 2 N–H and O–H groups in total. The van der Waals surface area contributed by atoms with Gasteiger partial charge in [0.2, 0.25) is 0 Å². The SMILES string of the molecule is Cc1nc(Nc2cccc(Nc3cc(C)c4c(C)nn(-c5ccccc5)c4n3)c2)cc(-c2ccccc2)n1. The summed E-state index contributed by atoms with van der Waals surface area (Å²) in [6.45, 7) is 6.03. The number of anilines is 4. The molecular formula is C31H27N7. The Morgan fingerprint density at radius 1 is 0.632 bits per heavy atom. The van der Waals surface area contributed by atoms with Crippen molar-refractivity contribution in [3.63, 3.8) is 0 Å². The zero-order chi connectivity index (χ0) is 26.1. The molecule has 0 saturated carbocycles. The van der Waals surface area contributed by atoms with E-state index in [4.69, 9.17) is 10.1 Å². The van der Waals surface area contributed by atoms with Crippen LogP contribution in [0.3, 0.4) is 0 Å². The average molecular weight is 498 g/mol. The van der Waals surface area contributed by atoms with Gasteiger partial charge in [0, 0.05) is 28.4 Å². The van der Waals surface area contributed by atoms with Gasteiger partial charge in [-0.15, -0.1) is 0 Å². The molecule has 0 aliphatic carbocycles. The second-order valence-electron chi connectivity index (χ2n) is 9.24. The number of pyridine rings is 1. The Hall–Kier alpha value is -5.04. The Labute approximate surface area is 221 Å². The first kappa shape index (κ1) is 23.4. The monoisotopic (exact) mass is 497 g/mol. The highest BCUT2D eigenvalue weighted by Gasteiger charge is 2.14. The Morgan fingerprint density at radius 3 is 2.00 bits per heavy atom. The fourth-order valence-electron chi connectivity index (χ4n) is 4.68. The van der Waals surface area contributed by atoms with Crippen molar-refractivity contribution in [2.45, 2.75) is 20.8 Å². The minimum atomic E-state index is 0.710. The molecule has 0 saturated heterocycles. The van der Waals surface area contributed by atoms with Gasteiger partial charge in [-0.25, -0.2) is 19.6 Å². The molecule has 3 heterocycles. The van der Waals surface area contributed by atoms with Crippen molar-refractivity contribution >= 4 is 34.0 Å². The molecule has 6 aromatic rings. The van der Waals surface area contributed by atoms with E-state index in [0.717, 1.165) is 62.2 Å². The summed E-state index contributed by atoms with van der Waals surface area (Å²) in [7, 11) is 0. The maximum atomic E-state index is 4.95. The molecule has 0 spiro atoms. The van der Waals surface area contributed by atoms with E-state index in [1.54, 1.807) is 0 Å². The summed E-state index contributed by atoms with van der Waals surface area (Å²) < 4.78 is 1.91. The van der Waals surface area contributed by atoms with Crippen molar-refractivity contribution in [2.75, 3.05) is 10.6 Å². The molecule has 0 aliphatic rings. The third-order valence-electron chi connectivity index (χ3n) is 6.33. The van der Waals surface area contributed by atoms with Crippen LogP contribution in [0.15, 0.2) is 97.1 Å². The molecule has 0 atom stereocenters. The van der Waals surface area contributed by atoms with E-state index in [1.165, 1.54) is 0 Å². The lowest BCUT2D eigenvalue weighted by Crippen LogP contribution is -2.01. The van der Waals surface area contributed by atoms with Crippen LogP contribution in [0.5, 0.6) is 0 Å². The van der Waals surface area contributed by atoms with E-state index in [2.05, 4.69) is 33.6 Å². The van der Waals surface area contributed by atoms with Gasteiger partial charge in [-0.3, -0.25) is 0 Å². The lowest BCUT2D eigenvalue weighted by molar-refractivity contribution is 0.878. The standard InChI is InChI=1S/C31H27N7/c1-20-17-28(36-31-30(20)21(2)37-38(31)26-15-8-5-9-16-26)34-24-13-10-14-25(18-24)35-29-19-27(32-22(3)33-29)23-11-6-4-7-12-23/h4-19H,1-3H3,(H,34,36)(H,32,33,35). The average Bonchev–Trinajstić information content (AvgIpc) is 3.26. The molecule has 0 amide bonds. The predicted octanol–water partition coefficient (Wildman–Crippen LogP) is 7.29. The number of fused-ring (bicyclic) bond motifs is 1. The Morgan fingerprint density at radius 2 is 1.29 bits per heavy atom. The van der Waals surface area contributed by atoms with Crippen molar-refractivity contribution < 1.29 is 0 Å². The molecule has 3 aromatic heterocycles. The molecule has 0 fully saturated rings. The summed E-state index contributed by atoms with van der Waals surface area (Å²) in [6, 6.07) is 32.3. The van der Waals surface area contributed by atoms with E-state index in [1.807, 2.05) is 110 Å². The van der Waals surface area contributed by atoms with Crippen molar-refractivity contribution in [1.29, 1.82) is 0 Å². The van der Waals surface area contributed by atoms with Gasteiger partial charge in [0.15, 0.2) is 5.65 Å². The maximum absolute atomic E-state index is 4.95. The van der Waals surface area contributed by atoms with Gasteiger partial charge >= 0.3 is 0 Å². The molecule has 38 heavy (non-hydrogen) atoms. The summed E-state index contributed by atoms with van der Waals surface area (Å²) >= 11 is 0. The van der Waals surface area contributed by atoms with Crippen LogP contribution >= 0.6 is 0 Å². The van der Waals surface area contributed by atoms with E-state index in [9.17, 15) is 0 Å². The van der Waals surface area contributed by atoms with Crippen LogP contribution in [0.25, 0.3) is 28.0 Å². The molecule has 0 unspecified atom stereocenters. The number of nitrogens with zero attached hydrogens (tertiary/aromatic N) is 5. The zero-order valence-electron chi connectivity index (χ0n) is 21.5. The van der Waals surface area contributed by atoms with Crippen LogP contribution in [-0.2, 0) is 0 Å². The molecule has 186 valence electrons. The lowest BCUT2D eigenvalue weighted by atomic mass is 10.1. The van der Waals surface area contributed by atoms with Crippen molar-refractivity contribution in [3.8, 4) is 16.9 Å². The Balaban J connectivity index is 1.29. The van der Waals surface area contributed by atoms with Gasteiger partial charge < -0.3 is 10.6 Å². The summed E-state index contributed by atoms with van der Waals surface area (Å²) in [5.74, 6) is 2.21. The van der Waals surface area contributed by atoms with Crippen LogP contribution < -0.4 is 10.6 Å². The summed E-state index contributed by atoms with van der Waals surface area (Å²) in [6.07, 6.45) is 0. The van der Waals surface area contributed by atoms with E-state index >= 15 is 0 Å². The predicted molar refractivity (Wildman–Crippen MR) is 154 cm³/mol. The molecule has 3 aromatic carbocycles. The number of benzene rings is 3. The van der Waals surface area contributed by atoms with Crippen LogP contribution in [0.4, 0.5) is 23.0 Å². The first-order chi connectivity index (χ1) is 18.5. The topological polar surface area (TPSA) is 80.5 Å². The van der Waals surface area contributed by atoms with Gasteiger partial charge in [-0.05, 0) is 62.7 Å². The summed E-state index contributed by atoms with van der Waals surface area (Å²) in [5, 5.41) is 12.7. The second kappa shape index (κ2) is 9.78. The fourth-order valence-corrected chi connectivity index (χ4v) is 4.68. The van der Waals surface area contributed by atoms with E-state index < -0.39 is 0 Å². The zero-order valence-corrected chi connectivity index (χ0v) is 21.5. The highest BCUT2D eigenvalue weighted by molar-refractivity contribution is 5.85. The molecule has 0 bridgehead atoms. The van der Waals surface area contributed by atoms with Crippen LogP contribution in [0, 0.1) is 20.8 Å². The minimum Gasteiger partial charge on any atom is -0.340 e. The largest absolute Gasteiger partial charge is 0.340 e. The highest BCUT2D eigenvalue weighted by Crippen LogP contribution is 2.29. The number of hydrogen-bond acceptors (Lipinski definition) is 6. The summed E-state index contributed by atoms with van der Waals surface area (Å²) in [4.78, 5) is 14.1. The Bertz CT molecular complexity index is 1740. The van der Waals surface area contributed by atoms with Crippen molar-refractivity contribution in [1.82, 2.24) is 24.7 Å². The number of para-hydroxylation sites is 1. The molecule has 7 nitrogen and oxygen atoms in total. The normalized spacial score (nSPS) is 11.0. The molecule has 6 rings (SSSR count). The van der Waals surface area contributed by atoms with Crippen molar-refractivity contribution in [2.24, 2.45) is 0 Å². The van der Waals surface area contributed by atoms with Crippen molar-refractivity contribution in [3.05, 3.63) is 114 Å². The summed E-state index contributed by atoms with van der Waals surface area (Å²) in [5.41, 5.74) is 7.66. The number of aromatic nitrogens is 5. The van der Waals surface area contributed by atoms with E-state index in [0.29, 0.717) is 5.82 Å². The lowest BCUT2D eigenvalue weighted by Gasteiger charge is -2.12. The first-order valence-electron chi connectivity index (χ1n) is 12.5. The number of nitrogens with one attached hydrogen (secondary N) is 2. The molecule has 7 heteroatoms.